The number of piperidine rings is 1. The van der Waals surface area contributed by atoms with Crippen LogP contribution in [0.2, 0.25) is 10.0 Å². The molecular weight excluding hydrogens is 535 g/mol. The molecule has 1 heterocycles. The summed E-state index contributed by atoms with van der Waals surface area (Å²) in [6.07, 6.45) is 2.26. The second-order valence-corrected chi connectivity index (χ2v) is 12.4. The van der Waals surface area contributed by atoms with Gasteiger partial charge in [-0.3, -0.25) is 9.59 Å². The topological polar surface area (TPSA) is 59.1 Å². The van der Waals surface area contributed by atoms with Gasteiger partial charge in [0.25, 0.3) is 0 Å². The molecule has 0 radical (unpaired) electrons. The van der Waals surface area contributed by atoms with Crippen molar-refractivity contribution >= 4 is 35.1 Å². The SMILES string of the molecule is COc1cccc([C@@]23CCN(C)C[C@H]2C(OC(C)=O)C[C@H](N(CC(C)C)C(=O)Cc2ccc(Cl)c(Cl)c2)C3)c1. The van der Waals surface area contributed by atoms with Crippen LogP contribution in [0.15, 0.2) is 42.5 Å². The molecule has 2 fully saturated rings. The first-order valence-corrected chi connectivity index (χ1v) is 14.5. The lowest BCUT2D eigenvalue weighted by molar-refractivity contribution is -0.160. The van der Waals surface area contributed by atoms with E-state index in [2.05, 4.69) is 37.9 Å². The third-order valence-corrected chi connectivity index (χ3v) is 9.07. The number of likely N-dealkylation sites (tertiary alicyclic amines) is 1. The van der Waals surface area contributed by atoms with E-state index in [-0.39, 0.29) is 47.7 Å². The number of nitrogens with zero attached hydrogens (tertiary/aromatic N) is 2. The summed E-state index contributed by atoms with van der Waals surface area (Å²) >= 11 is 12.4. The van der Waals surface area contributed by atoms with E-state index in [1.807, 2.05) is 23.1 Å². The Labute approximate surface area is 242 Å². The van der Waals surface area contributed by atoms with Crippen molar-refractivity contribution in [3.8, 4) is 5.75 Å². The lowest BCUT2D eigenvalue weighted by Crippen LogP contribution is -2.62. The molecule has 2 aromatic carbocycles. The van der Waals surface area contributed by atoms with Crippen LogP contribution in [0.5, 0.6) is 5.75 Å². The lowest BCUT2D eigenvalue weighted by atomic mass is 9.56. The number of benzene rings is 2. The number of methoxy groups -OCH3 is 1. The Morgan fingerprint density at radius 1 is 1.15 bits per heavy atom. The van der Waals surface area contributed by atoms with Crippen LogP contribution in [0, 0.1) is 11.8 Å². The Morgan fingerprint density at radius 2 is 1.92 bits per heavy atom. The van der Waals surface area contributed by atoms with Crippen LogP contribution < -0.4 is 4.74 Å². The Balaban J connectivity index is 1.75. The molecule has 0 N–H and O–H groups in total. The summed E-state index contributed by atoms with van der Waals surface area (Å²) in [5, 5.41) is 0.910. The molecule has 2 aromatic rings. The van der Waals surface area contributed by atoms with Gasteiger partial charge in [-0.05, 0) is 67.7 Å². The van der Waals surface area contributed by atoms with E-state index < -0.39 is 0 Å². The first-order valence-electron chi connectivity index (χ1n) is 13.8. The Kier molecular flexibility index (Phi) is 9.51. The zero-order valence-electron chi connectivity index (χ0n) is 23.6. The van der Waals surface area contributed by atoms with Crippen LogP contribution >= 0.6 is 23.2 Å². The highest BCUT2D eigenvalue weighted by Crippen LogP contribution is 2.51. The third-order valence-electron chi connectivity index (χ3n) is 8.34. The van der Waals surface area contributed by atoms with Gasteiger partial charge in [-0.25, -0.2) is 0 Å². The molecule has 1 aliphatic heterocycles. The molecule has 2 aliphatic rings. The number of carbonyl (C=O) groups is 2. The van der Waals surface area contributed by atoms with Crippen molar-refractivity contribution in [1.82, 2.24) is 9.80 Å². The van der Waals surface area contributed by atoms with Gasteiger partial charge in [0.1, 0.15) is 11.9 Å². The van der Waals surface area contributed by atoms with Crippen LogP contribution in [0.25, 0.3) is 0 Å². The fourth-order valence-electron chi connectivity index (χ4n) is 6.60. The third kappa shape index (κ3) is 6.72. The fourth-order valence-corrected chi connectivity index (χ4v) is 6.92. The van der Waals surface area contributed by atoms with Crippen molar-refractivity contribution in [1.29, 1.82) is 0 Å². The highest BCUT2D eigenvalue weighted by atomic mass is 35.5. The maximum atomic E-state index is 13.9. The molecule has 6 nitrogen and oxygen atoms in total. The number of rotatable bonds is 8. The number of esters is 1. The van der Waals surface area contributed by atoms with E-state index in [9.17, 15) is 9.59 Å². The maximum Gasteiger partial charge on any atom is 0.302 e. The van der Waals surface area contributed by atoms with Gasteiger partial charge in [0.2, 0.25) is 5.91 Å². The van der Waals surface area contributed by atoms with E-state index in [4.69, 9.17) is 32.7 Å². The van der Waals surface area contributed by atoms with Crippen LogP contribution in [-0.2, 0) is 26.2 Å². The van der Waals surface area contributed by atoms with Crippen molar-refractivity contribution in [2.24, 2.45) is 11.8 Å². The molecular formula is C31H40Cl2N2O4. The summed E-state index contributed by atoms with van der Waals surface area (Å²) in [6, 6.07) is 13.5. The minimum atomic E-state index is -0.303. The number of hydrogen-bond acceptors (Lipinski definition) is 5. The van der Waals surface area contributed by atoms with Gasteiger partial charge >= 0.3 is 5.97 Å². The number of carbonyl (C=O) groups excluding carboxylic acids is 2. The number of ether oxygens (including phenoxy) is 2. The number of hydrogen-bond donors (Lipinski definition) is 0. The maximum absolute atomic E-state index is 13.9. The van der Waals surface area contributed by atoms with E-state index in [1.165, 1.54) is 12.5 Å². The van der Waals surface area contributed by atoms with Crippen LogP contribution in [0.3, 0.4) is 0 Å². The van der Waals surface area contributed by atoms with Crippen LogP contribution in [-0.4, -0.2) is 67.6 Å². The fraction of sp³-hybridized carbons (Fsp3) is 0.548. The summed E-state index contributed by atoms with van der Waals surface area (Å²) in [7, 11) is 3.80. The molecule has 1 amide bonds. The number of amides is 1. The summed E-state index contributed by atoms with van der Waals surface area (Å²) < 4.78 is 11.7. The molecule has 0 spiro atoms. The number of halogens is 2. The van der Waals surface area contributed by atoms with Gasteiger partial charge in [-0.15, -0.1) is 0 Å². The second kappa shape index (κ2) is 12.5. The average molecular weight is 576 g/mol. The first-order chi connectivity index (χ1) is 18.5. The zero-order chi connectivity index (χ0) is 28.3. The normalized spacial score (nSPS) is 25.2. The molecule has 4 rings (SSSR count). The monoisotopic (exact) mass is 574 g/mol. The second-order valence-electron chi connectivity index (χ2n) is 11.6. The van der Waals surface area contributed by atoms with E-state index in [1.54, 1.807) is 19.2 Å². The average Bonchev–Trinajstić information content (AvgIpc) is 2.89. The predicted octanol–water partition coefficient (Wildman–Crippen LogP) is 6.01. The highest BCUT2D eigenvalue weighted by molar-refractivity contribution is 6.42. The smallest absolute Gasteiger partial charge is 0.302 e. The molecule has 1 aliphatic carbocycles. The van der Waals surface area contributed by atoms with Gasteiger partial charge in [0.15, 0.2) is 0 Å². The van der Waals surface area contributed by atoms with E-state index in [0.29, 0.717) is 23.0 Å². The molecule has 4 atom stereocenters. The van der Waals surface area contributed by atoms with Crippen molar-refractivity contribution in [3.63, 3.8) is 0 Å². The minimum Gasteiger partial charge on any atom is -0.497 e. The molecule has 39 heavy (non-hydrogen) atoms. The summed E-state index contributed by atoms with van der Waals surface area (Å²) in [5.41, 5.74) is 1.75. The van der Waals surface area contributed by atoms with Crippen LogP contribution in [0.1, 0.15) is 51.2 Å². The first kappa shape index (κ1) is 29.7. The minimum absolute atomic E-state index is 0.0424. The van der Waals surface area contributed by atoms with Gasteiger partial charge in [0, 0.05) is 43.8 Å². The molecule has 0 bridgehead atoms. The zero-order valence-corrected chi connectivity index (χ0v) is 25.1. The van der Waals surface area contributed by atoms with Crippen molar-refractivity contribution in [2.45, 2.75) is 64.0 Å². The van der Waals surface area contributed by atoms with E-state index in [0.717, 1.165) is 37.2 Å². The number of fused-ring (bicyclic) bond motifs is 1. The summed E-state index contributed by atoms with van der Waals surface area (Å²) in [6.45, 7) is 8.10. The largest absolute Gasteiger partial charge is 0.497 e. The molecule has 8 heteroatoms. The van der Waals surface area contributed by atoms with Crippen LogP contribution in [0.4, 0.5) is 0 Å². The van der Waals surface area contributed by atoms with E-state index >= 15 is 0 Å². The van der Waals surface area contributed by atoms with Crippen molar-refractivity contribution in [2.75, 3.05) is 33.8 Å². The lowest BCUT2D eigenvalue weighted by Gasteiger charge is -2.56. The summed E-state index contributed by atoms with van der Waals surface area (Å²) in [4.78, 5) is 30.6. The molecule has 1 saturated carbocycles. The Morgan fingerprint density at radius 3 is 2.59 bits per heavy atom. The molecule has 0 aromatic heterocycles. The summed E-state index contributed by atoms with van der Waals surface area (Å²) in [5.74, 6) is 0.944. The molecule has 212 valence electrons. The van der Waals surface area contributed by atoms with Crippen molar-refractivity contribution < 1.29 is 19.1 Å². The van der Waals surface area contributed by atoms with Gasteiger partial charge in [0.05, 0.1) is 23.6 Å². The standard InChI is InChI=1S/C31H40Cl2N2O4/c1-20(2)18-35(30(37)14-22-9-10-27(32)28(33)13-22)24-16-29(39-21(3)36)26-19-34(4)12-11-31(26,17-24)23-7-6-8-25(15-23)38-5/h6-10,13,15,20,24,26,29H,11-12,14,16-19H2,1-5H3/t24-,26-,29?,31-/m0/s1. The van der Waals surface area contributed by atoms with Crippen molar-refractivity contribution in [3.05, 3.63) is 63.6 Å². The quantitative estimate of drug-likeness (QED) is 0.361. The Bertz CT molecular complexity index is 1190. The predicted molar refractivity (Wildman–Crippen MR) is 156 cm³/mol. The van der Waals surface area contributed by atoms with Gasteiger partial charge in [-0.2, -0.15) is 0 Å². The molecule has 1 saturated heterocycles. The Hall–Kier alpha value is -2.28. The van der Waals surface area contributed by atoms with Gasteiger partial charge < -0.3 is 19.3 Å². The van der Waals surface area contributed by atoms with Gasteiger partial charge in [-0.1, -0.05) is 55.2 Å². The highest BCUT2D eigenvalue weighted by Gasteiger charge is 2.54. The molecule has 1 unspecified atom stereocenters.